The Balaban J connectivity index is 2.28. The molecule has 0 heterocycles. The number of nitrogens with two attached hydrogens (primary N) is 1. The van der Waals surface area contributed by atoms with Gasteiger partial charge in [-0.1, -0.05) is 12.1 Å². The van der Waals surface area contributed by atoms with Gasteiger partial charge >= 0.3 is 5.97 Å². The van der Waals surface area contributed by atoms with Crippen molar-refractivity contribution in [3.8, 4) is 0 Å². The number of anilines is 1. The highest BCUT2D eigenvalue weighted by Crippen LogP contribution is 2.07. The summed E-state index contributed by atoms with van der Waals surface area (Å²) in [6.45, 7) is -0.0862. The minimum atomic E-state index is -0.453. The van der Waals surface area contributed by atoms with Crippen molar-refractivity contribution >= 4 is 17.6 Å². The summed E-state index contributed by atoms with van der Waals surface area (Å²) in [6.07, 6.45) is 0.953. The van der Waals surface area contributed by atoms with Crippen LogP contribution < -0.4 is 11.1 Å². The Morgan fingerprint density at radius 1 is 1.29 bits per heavy atom. The lowest BCUT2D eigenvalue weighted by molar-refractivity contribution is -0.141. The van der Waals surface area contributed by atoms with Crippen LogP contribution in [0, 0.1) is 0 Å². The van der Waals surface area contributed by atoms with Crippen LogP contribution in [0.25, 0.3) is 0 Å². The fourth-order valence-corrected chi connectivity index (χ4v) is 1.27. The van der Waals surface area contributed by atoms with E-state index in [-0.39, 0.29) is 12.5 Å². The molecule has 3 N–H and O–H groups in total. The van der Waals surface area contributed by atoms with Crippen LogP contribution in [0.3, 0.4) is 0 Å². The topological polar surface area (TPSA) is 81.4 Å². The number of amides is 1. The lowest BCUT2D eigenvalue weighted by Gasteiger charge is -2.04. The number of ether oxygens (including phenoxy) is 1. The summed E-state index contributed by atoms with van der Waals surface area (Å²) < 4.78 is 4.41. The van der Waals surface area contributed by atoms with E-state index in [1.165, 1.54) is 7.11 Å². The van der Waals surface area contributed by atoms with Gasteiger partial charge in [0.2, 0.25) is 5.91 Å². The maximum Gasteiger partial charge on any atom is 0.325 e. The van der Waals surface area contributed by atoms with Gasteiger partial charge in [-0.3, -0.25) is 9.59 Å². The summed E-state index contributed by atoms with van der Waals surface area (Å²) in [5, 5.41) is 2.48. The molecule has 0 aliphatic carbocycles. The Kier molecular flexibility index (Phi) is 5.00. The highest BCUT2D eigenvalue weighted by Gasteiger charge is 2.05. The van der Waals surface area contributed by atoms with Gasteiger partial charge in [-0.05, 0) is 24.1 Å². The molecule has 0 spiro atoms. The fourth-order valence-electron chi connectivity index (χ4n) is 1.27. The molecule has 92 valence electrons. The van der Waals surface area contributed by atoms with E-state index in [0.29, 0.717) is 18.5 Å². The van der Waals surface area contributed by atoms with E-state index in [9.17, 15) is 9.59 Å². The van der Waals surface area contributed by atoms with E-state index in [1.54, 1.807) is 12.1 Å². The predicted octanol–water partition coefficient (Wildman–Crippen LogP) is 0.491. The Morgan fingerprint density at radius 2 is 1.94 bits per heavy atom. The normalized spacial score (nSPS) is 9.71. The first-order chi connectivity index (χ1) is 8.11. The second-order valence-corrected chi connectivity index (χ2v) is 3.59. The number of esters is 1. The molecule has 5 nitrogen and oxygen atoms in total. The minimum absolute atomic E-state index is 0.0862. The maximum atomic E-state index is 11.4. The van der Waals surface area contributed by atoms with Gasteiger partial charge in [0.05, 0.1) is 7.11 Å². The zero-order valence-electron chi connectivity index (χ0n) is 9.73. The Labute approximate surface area is 99.9 Å². The number of carbonyl (C=O) groups is 2. The minimum Gasteiger partial charge on any atom is -0.468 e. The summed E-state index contributed by atoms with van der Waals surface area (Å²) in [5.41, 5.74) is 7.28. The number of nitrogens with one attached hydrogen (secondary N) is 1. The average Bonchev–Trinajstić information content (AvgIpc) is 2.35. The number of aryl methyl sites for hydroxylation is 1. The van der Waals surface area contributed by atoms with Crippen molar-refractivity contribution in [3.63, 3.8) is 0 Å². The van der Waals surface area contributed by atoms with Crippen LogP contribution >= 0.6 is 0 Å². The molecule has 0 atom stereocenters. The molecule has 0 fully saturated rings. The molecule has 0 radical (unpaired) electrons. The Hall–Kier alpha value is -2.04. The van der Waals surface area contributed by atoms with Crippen LogP contribution in [-0.2, 0) is 20.7 Å². The molecule has 1 aromatic carbocycles. The van der Waals surface area contributed by atoms with Crippen molar-refractivity contribution in [2.45, 2.75) is 12.8 Å². The van der Waals surface area contributed by atoms with E-state index in [1.807, 2.05) is 12.1 Å². The molecule has 0 saturated heterocycles. The first-order valence-electron chi connectivity index (χ1n) is 5.29. The molecular formula is C12H16N2O3. The summed E-state index contributed by atoms with van der Waals surface area (Å²) in [4.78, 5) is 22.1. The van der Waals surface area contributed by atoms with Crippen LogP contribution in [0.1, 0.15) is 12.0 Å². The molecule has 0 aromatic heterocycles. The Bertz CT molecular complexity index is 387. The molecule has 0 aliphatic rings. The van der Waals surface area contributed by atoms with Gasteiger partial charge in [-0.15, -0.1) is 0 Å². The van der Waals surface area contributed by atoms with Gasteiger partial charge in [-0.2, -0.15) is 0 Å². The first kappa shape index (κ1) is 13.0. The van der Waals surface area contributed by atoms with Crippen LogP contribution in [0.2, 0.25) is 0 Å². The summed E-state index contributed by atoms with van der Waals surface area (Å²) in [5.74, 6) is -0.627. The van der Waals surface area contributed by atoms with Crippen LogP contribution in [0.4, 0.5) is 5.69 Å². The number of carbonyl (C=O) groups excluding carboxylic acids is 2. The molecule has 1 aromatic rings. The largest absolute Gasteiger partial charge is 0.468 e. The highest BCUT2D eigenvalue weighted by molar-refractivity contribution is 5.81. The second-order valence-electron chi connectivity index (χ2n) is 3.59. The first-order valence-corrected chi connectivity index (χ1v) is 5.29. The number of hydrogen-bond donors (Lipinski definition) is 2. The van der Waals surface area contributed by atoms with E-state index in [4.69, 9.17) is 5.73 Å². The predicted molar refractivity (Wildman–Crippen MR) is 64.2 cm³/mol. The number of hydrogen-bond acceptors (Lipinski definition) is 4. The van der Waals surface area contributed by atoms with E-state index in [2.05, 4.69) is 10.1 Å². The molecule has 1 rings (SSSR count). The van der Waals surface area contributed by atoms with Gasteiger partial charge in [0.1, 0.15) is 6.54 Å². The summed E-state index contributed by atoms with van der Waals surface area (Å²) in [6, 6.07) is 7.34. The SMILES string of the molecule is COC(=O)CNC(=O)CCc1ccc(N)cc1. The monoisotopic (exact) mass is 236 g/mol. The second kappa shape index (κ2) is 6.52. The maximum absolute atomic E-state index is 11.4. The molecule has 0 saturated carbocycles. The lowest BCUT2D eigenvalue weighted by Crippen LogP contribution is -2.30. The summed E-state index contributed by atoms with van der Waals surface area (Å²) in [7, 11) is 1.28. The standard InChI is InChI=1S/C12H16N2O3/c1-17-12(16)8-14-11(15)7-4-9-2-5-10(13)6-3-9/h2-3,5-6H,4,7-8,13H2,1H3,(H,14,15). The molecule has 1 amide bonds. The fraction of sp³-hybridized carbons (Fsp3) is 0.333. The van der Waals surface area contributed by atoms with Crippen molar-refractivity contribution in [3.05, 3.63) is 29.8 Å². The van der Waals surface area contributed by atoms with Crippen LogP contribution in [0.5, 0.6) is 0 Å². The van der Waals surface area contributed by atoms with Crippen molar-refractivity contribution < 1.29 is 14.3 Å². The molecular weight excluding hydrogens is 220 g/mol. The quantitative estimate of drug-likeness (QED) is 0.576. The van der Waals surface area contributed by atoms with Gasteiger partial charge < -0.3 is 15.8 Å². The molecule has 0 unspecified atom stereocenters. The zero-order chi connectivity index (χ0) is 12.7. The van der Waals surface area contributed by atoms with Crippen LogP contribution in [0.15, 0.2) is 24.3 Å². The van der Waals surface area contributed by atoms with Crippen molar-refractivity contribution in [1.29, 1.82) is 0 Å². The van der Waals surface area contributed by atoms with Crippen molar-refractivity contribution in [1.82, 2.24) is 5.32 Å². The average molecular weight is 236 g/mol. The van der Waals surface area contributed by atoms with Gasteiger partial charge in [0.15, 0.2) is 0 Å². The third-order valence-corrected chi connectivity index (χ3v) is 2.28. The van der Waals surface area contributed by atoms with Gasteiger partial charge in [0, 0.05) is 12.1 Å². The van der Waals surface area contributed by atoms with Gasteiger partial charge in [0.25, 0.3) is 0 Å². The molecule has 17 heavy (non-hydrogen) atoms. The van der Waals surface area contributed by atoms with E-state index >= 15 is 0 Å². The van der Waals surface area contributed by atoms with Crippen molar-refractivity contribution in [2.75, 3.05) is 19.4 Å². The van der Waals surface area contributed by atoms with Crippen molar-refractivity contribution in [2.24, 2.45) is 0 Å². The number of benzene rings is 1. The number of nitrogen functional groups attached to an aromatic ring is 1. The molecule has 0 aliphatic heterocycles. The Morgan fingerprint density at radius 3 is 2.53 bits per heavy atom. The smallest absolute Gasteiger partial charge is 0.325 e. The molecule has 5 heteroatoms. The number of methoxy groups -OCH3 is 1. The third kappa shape index (κ3) is 5.01. The highest BCUT2D eigenvalue weighted by atomic mass is 16.5. The van der Waals surface area contributed by atoms with E-state index in [0.717, 1.165) is 5.56 Å². The summed E-state index contributed by atoms with van der Waals surface area (Å²) >= 11 is 0. The van der Waals surface area contributed by atoms with Gasteiger partial charge in [-0.25, -0.2) is 0 Å². The zero-order valence-corrected chi connectivity index (χ0v) is 9.73. The number of rotatable bonds is 5. The molecule has 0 bridgehead atoms. The lowest BCUT2D eigenvalue weighted by atomic mass is 10.1. The van der Waals surface area contributed by atoms with Crippen LogP contribution in [-0.4, -0.2) is 25.5 Å². The third-order valence-electron chi connectivity index (χ3n) is 2.28. The van der Waals surface area contributed by atoms with E-state index < -0.39 is 5.97 Å².